The molecule has 10 heteroatoms. The summed E-state index contributed by atoms with van der Waals surface area (Å²) in [5, 5.41) is 9.18. The number of rotatable bonds is 12. The van der Waals surface area contributed by atoms with Crippen LogP contribution >= 0.6 is 0 Å². The van der Waals surface area contributed by atoms with Crippen molar-refractivity contribution in [3.05, 3.63) is 66.9 Å². The molecule has 0 bridgehead atoms. The van der Waals surface area contributed by atoms with Gasteiger partial charge in [0.2, 0.25) is 11.9 Å². The molecule has 0 fully saturated rings. The third-order valence-electron chi connectivity index (χ3n) is 4.76. The lowest BCUT2D eigenvalue weighted by atomic mass is 10.2. The molecule has 3 rings (SSSR count). The molecule has 1 unspecified atom stereocenters. The first-order valence-corrected chi connectivity index (χ1v) is 13.0. The highest BCUT2D eigenvalue weighted by Gasteiger charge is 2.12. The summed E-state index contributed by atoms with van der Waals surface area (Å²) in [6, 6.07) is 14.6. The molecule has 1 heterocycles. The number of nitrogens with one attached hydrogen (secondary N) is 3. The molecule has 0 aliphatic rings. The summed E-state index contributed by atoms with van der Waals surface area (Å²) < 4.78 is 22.9. The van der Waals surface area contributed by atoms with Crippen molar-refractivity contribution in [1.82, 2.24) is 9.97 Å². The molecule has 0 saturated carbocycles. The van der Waals surface area contributed by atoms with Gasteiger partial charge < -0.3 is 25.4 Å². The largest absolute Gasteiger partial charge is 0.491 e. The number of carbonyl (C=O) groups excluding carboxylic acids is 1. The Morgan fingerprint density at radius 2 is 1.81 bits per heavy atom. The number of hydrogen-bond donors (Lipinski definition) is 3. The van der Waals surface area contributed by atoms with Crippen molar-refractivity contribution >= 4 is 45.5 Å². The van der Waals surface area contributed by atoms with Crippen molar-refractivity contribution in [3.63, 3.8) is 0 Å². The second-order valence-corrected chi connectivity index (χ2v) is 9.50. The van der Waals surface area contributed by atoms with Crippen LogP contribution < -0.4 is 20.7 Å². The summed E-state index contributed by atoms with van der Waals surface area (Å²) in [6.45, 7) is 4.99. The second-order valence-electron chi connectivity index (χ2n) is 8.15. The molecule has 2 aromatic carbocycles. The average Bonchev–Trinajstić information content (AvgIpc) is 2.84. The van der Waals surface area contributed by atoms with Gasteiger partial charge >= 0.3 is 0 Å². The summed E-state index contributed by atoms with van der Waals surface area (Å²) in [6.07, 6.45) is 6.44. The van der Waals surface area contributed by atoms with Crippen LogP contribution in [0.5, 0.6) is 5.75 Å². The molecule has 9 nitrogen and oxygen atoms in total. The van der Waals surface area contributed by atoms with E-state index in [0.717, 1.165) is 11.4 Å². The Morgan fingerprint density at radius 1 is 1.06 bits per heavy atom. The Hall–Kier alpha value is -3.76. The maximum atomic E-state index is 12.3. The molecule has 3 N–H and O–H groups in total. The molecule has 0 aliphatic carbocycles. The molecule has 1 amide bonds. The molecule has 36 heavy (non-hydrogen) atoms. The van der Waals surface area contributed by atoms with E-state index in [9.17, 15) is 9.00 Å². The molecule has 0 radical (unpaired) electrons. The van der Waals surface area contributed by atoms with Crippen molar-refractivity contribution in [1.29, 1.82) is 0 Å². The first-order chi connectivity index (χ1) is 17.3. The quantitative estimate of drug-likeness (QED) is 0.234. The smallest absolute Gasteiger partial charge is 0.248 e. The number of anilines is 5. The van der Waals surface area contributed by atoms with Gasteiger partial charge in [-0.25, -0.2) is 4.98 Å². The van der Waals surface area contributed by atoms with Gasteiger partial charge in [0.25, 0.3) is 0 Å². The molecule has 0 spiro atoms. The Balaban J connectivity index is 1.74. The molecule has 3 aromatic rings. The fraction of sp³-hybridized carbons (Fsp3) is 0.269. The normalized spacial score (nSPS) is 11.9. The van der Waals surface area contributed by atoms with E-state index in [-0.39, 0.29) is 11.8 Å². The van der Waals surface area contributed by atoms with Crippen molar-refractivity contribution in [2.75, 3.05) is 42.5 Å². The molecule has 1 atom stereocenters. The van der Waals surface area contributed by atoms with E-state index in [1.807, 2.05) is 56.3 Å². The van der Waals surface area contributed by atoms with E-state index in [1.54, 1.807) is 25.5 Å². The SMILES string of the molecule is COCCOc1ccc(Nc2ncc(S(C)=O)c(Nc3cccc(NC(=O)/C=C/C(C)C)c3)n2)cc1. The predicted molar refractivity (Wildman–Crippen MR) is 144 cm³/mol. The number of hydrogen-bond acceptors (Lipinski definition) is 8. The number of methoxy groups -OCH3 is 1. The number of benzene rings is 2. The predicted octanol–water partition coefficient (Wildman–Crippen LogP) is 4.88. The van der Waals surface area contributed by atoms with Crippen molar-refractivity contribution < 1.29 is 18.5 Å². The van der Waals surface area contributed by atoms with E-state index in [0.29, 0.717) is 41.3 Å². The first-order valence-electron chi connectivity index (χ1n) is 11.4. The minimum Gasteiger partial charge on any atom is -0.491 e. The fourth-order valence-electron chi connectivity index (χ4n) is 3.01. The number of ether oxygens (including phenoxy) is 2. The second kappa shape index (κ2) is 13.4. The van der Waals surface area contributed by atoms with Gasteiger partial charge in [-0.3, -0.25) is 9.00 Å². The lowest BCUT2D eigenvalue weighted by molar-refractivity contribution is -0.111. The number of aromatic nitrogens is 2. The van der Waals surface area contributed by atoms with Crippen molar-refractivity contribution in [2.45, 2.75) is 18.7 Å². The minimum atomic E-state index is -1.32. The van der Waals surface area contributed by atoms with Crippen LogP contribution in [0.1, 0.15) is 13.8 Å². The zero-order valence-corrected chi connectivity index (χ0v) is 21.6. The van der Waals surface area contributed by atoms with Crippen LogP contribution in [0.15, 0.2) is 71.8 Å². The number of allylic oxidation sites excluding steroid dienone is 1. The van der Waals surface area contributed by atoms with Crippen LogP contribution in [0.25, 0.3) is 0 Å². The molecular formula is C26H31N5O4S. The first kappa shape index (κ1) is 26.8. The summed E-state index contributed by atoms with van der Waals surface area (Å²) in [7, 11) is 0.306. The van der Waals surface area contributed by atoms with Crippen LogP contribution in [-0.4, -0.2) is 46.7 Å². The summed E-state index contributed by atoms with van der Waals surface area (Å²) in [4.78, 5) is 21.4. The molecular weight excluding hydrogens is 478 g/mol. The van der Waals surface area contributed by atoms with Gasteiger partial charge in [-0.2, -0.15) is 4.98 Å². The summed E-state index contributed by atoms with van der Waals surface area (Å²) in [5.74, 6) is 1.54. The number of carbonyl (C=O) groups is 1. The minimum absolute atomic E-state index is 0.208. The number of nitrogens with zero attached hydrogens (tertiary/aromatic N) is 2. The van der Waals surface area contributed by atoms with Crippen LogP contribution in [0.2, 0.25) is 0 Å². The van der Waals surface area contributed by atoms with Gasteiger partial charge in [-0.05, 0) is 54.5 Å². The van der Waals surface area contributed by atoms with Crippen LogP contribution in [-0.2, 0) is 20.3 Å². The molecule has 0 aliphatic heterocycles. The van der Waals surface area contributed by atoms with E-state index in [2.05, 4.69) is 25.9 Å². The van der Waals surface area contributed by atoms with Crippen molar-refractivity contribution in [3.8, 4) is 5.75 Å². The van der Waals surface area contributed by atoms with Gasteiger partial charge in [0.1, 0.15) is 12.4 Å². The van der Waals surface area contributed by atoms with Gasteiger partial charge in [0.15, 0.2) is 5.82 Å². The maximum absolute atomic E-state index is 12.3. The van der Waals surface area contributed by atoms with E-state index < -0.39 is 10.8 Å². The van der Waals surface area contributed by atoms with Crippen LogP contribution in [0, 0.1) is 5.92 Å². The Labute approximate surface area is 213 Å². The lowest BCUT2D eigenvalue weighted by Gasteiger charge is -2.13. The Kier molecular flexibility index (Phi) is 9.96. The van der Waals surface area contributed by atoms with Gasteiger partial charge in [-0.1, -0.05) is 26.0 Å². The standard InChI is InChI=1S/C26H31N5O4S/c1-18(2)8-13-24(32)28-20-6-5-7-21(16-20)29-25-23(36(4)33)17-27-26(31-25)30-19-9-11-22(12-10-19)35-15-14-34-3/h5-13,16-18H,14-15H2,1-4H3,(H,28,32)(H2,27,29,30,31)/b13-8+. The molecule has 0 saturated heterocycles. The fourth-order valence-corrected chi connectivity index (χ4v) is 3.58. The van der Waals surface area contributed by atoms with Crippen LogP contribution in [0.4, 0.5) is 28.8 Å². The van der Waals surface area contributed by atoms with Gasteiger partial charge in [-0.15, -0.1) is 0 Å². The average molecular weight is 510 g/mol. The highest BCUT2D eigenvalue weighted by Crippen LogP contribution is 2.25. The topological polar surface area (TPSA) is 114 Å². The zero-order valence-electron chi connectivity index (χ0n) is 20.8. The third-order valence-corrected chi connectivity index (χ3v) is 5.68. The molecule has 1 aromatic heterocycles. The molecule has 190 valence electrons. The van der Waals surface area contributed by atoms with Gasteiger partial charge in [0.05, 0.1) is 28.5 Å². The maximum Gasteiger partial charge on any atom is 0.248 e. The number of amides is 1. The third kappa shape index (κ3) is 8.47. The van der Waals surface area contributed by atoms with Gasteiger partial charge in [0, 0.05) is 30.4 Å². The Bertz CT molecular complexity index is 1220. The highest BCUT2D eigenvalue weighted by atomic mass is 32.2. The Morgan fingerprint density at radius 3 is 2.50 bits per heavy atom. The van der Waals surface area contributed by atoms with E-state index in [4.69, 9.17) is 9.47 Å². The van der Waals surface area contributed by atoms with Crippen molar-refractivity contribution in [2.24, 2.45) is 5.92 Å². The summed E-state index contributed by atoms with van der Waals surface area (Å²) in [5.41, 5.74) is 2.07. The van der Waals surface area contributed by atoms with Crippen LogP contribution in [0.3, 0.4) is 0 Å². The zero-order chi connectivity index (χ0) is 25.9. The highest BCUT2D eigenvalue weighted by molar-refractivity contribution is 7.84. The van der Waals surface area contributed by atoms with E-state index in [1.165, 1.54) is 12.3 Å². The lowest BCUT2D eigenvalue weighted by Crippen LogP contribution is -2.09. The monoisotopic (exact) mass is 509 g/mol. The van der Waals surface area contributed by atoms with E-state index >= 15 is 0 Å². The summed E-state index contributed by atoms with van der Waals surface area (Å²) >= 11 is 0.